The number of hydrogen-bond acceptors (Lipinski definition) is 18. The molecule has 0 bridgehead atoms. The number of hydrogen-bond donors (Lipinski definition) is 10. The third-order valence-corrected chi connectivity index (χ3v) is 17.7. The molecule has 5 saturated heterocycles. The Morgan fingerprint density at radius 1 is 0.683 bits per heavy atom. The van der Waals surface area contributed by atoms with E-state index in [4.69, 9.17) is 37.9 Å². The molecule has 3 saturated carbocycles. The number of aliphatic hydroxyl groups is 10. The molecular weight excluding hydrogens is 828 g/mol. The van der Waals surface area contributed by atoms with Gasteiger partial charge in [0.1, 0.15) is 67.1 Å². The zero-order chi connectivity index (χ0) is 45.1. The first-order chi connectivity index (χ1) is 29.9. The van der Waals surface area contributed by atoms with E-state index >= 15 is 0 Å². The summed E-state index contributed by atoms with van der Waals surface area (Å²) in [5.41, 5.74) is 0.616. The minimum atomic E-state index is -1.85. The van der Waals surface area contributed by atoms with Crippen molar-refractivity contribution in [1.29, 1.82) is 0 Å². The highest BCUT2D eigenvalue weighted by Gasteiger charge is 2.69. The van der Waals surface area contributed by atoms with Crippen LogP contribution in [0.5, 0.6) is 0 Å². The van der Waals surface area contributed by atoms with Gasteiger partial charge in [-0.3, -0.25) is 0 Å². The summed E-state index contributed by atoms with van der Waals surface area (Å²) < 4.78 is 49.5. The topological polar surface area (TPSA) is 276 Å². The fourth-order valence-corrected chi connectivity index (χ4v) is 14.1. The van der Waals surface area contributed by atoms with E-state index < -0.39 is 129 Å². The minimum Gasteiger partial charge on any atom is -0.394 e. The molecule has 5 aliphatic heterocycles. The molecule has 4 aliphatic carbocycles. The lowest BCUT2D eigenvalue weighted by Crippen LogP contribution is -2.66. The zero-order valence-corrected chi connectivity index (χ0v) is 37.0. The van der Waals surface area contributed by atoms with E-state index in [-0.39, 0.29) is 29.8 Å². The molecule has 10 N–H and O–H groups in total. The Balaban J connectivity index is 0.922. The van der Waals surface area contributed by atoms with Crippen LogP contribution in [0.4, 0.5) is 0 Å². The van der Waals surface area contributed by atoms with Crippen LogP contribution in [0, 0.1) is 46.3 Å². The summed E-state index contributed by atoms with van der Waals surface area (Å²) >= 11 is 0. The average Bonchev–Trinajstić information content (AvgIpc) is 3.70. The first-order valence-corrected chi connectivity index (χ1v) is 23.5. The van der Waals surface area contributed by atoms with Crippen molar-refractivity contribution in [2.45, 2.75) is 202 Å². The zero-order valence-electron chi connectivity index (χ0n) is 37.0. The van der Waals surface area contributed by atoms with E-state index in [0.717, 1.165) is 50.7 Å². The third kappa shape index (κ3) is 7.62. The van der Waals surface area contributed by atoms with Gasteiger partial charge in [-0.15, -0.1) is 0 Å². The van der Waals surface area contributed by atoms with Crippen LogP contribution in [-0.2, 0) is 37.9 Å². The Morgan fingerprint density at radius 3 is 1.97 bits per heavy atom. The van der Waals surface area contributed by atoms with Crippen LogP contribution in [0.15, 0.2) is 11.6 Å². The first kappa shape index (κ1) is 47.1. The number of rotatable bonds is 8. The van der Waals surface area contributed by atoms with Crippen molar-refractivity contribution < 1.29 is 89.0 Å². The lowest BCUT2D eigenvalue weighted by atomic mass is 9.46. The molecule has 0 radical (unpaired) electrons. The average molecular weight is 901 g/mol. The Labute approximate surface area is 368 Å². The molecular formula is C45H72O18. The van der Waals surface area contributed by atoms with Gasteiger partial charge in [-0.25, -0.2) is 0 Å². The Bertz CT molecular complexity index is 1640. The fraction of sp³-hybridized carbons (Fsp3) is 0.956. The summed E-state index contributed by atoms with van der Waals surface area (Å²) in [5.74, 6) is 1.58. The molecule has 9 aliphatic rings. The summed E-state index contributed by atoms with van der Waals surface area (Å²) in [6.45, 7) is 9.99. The highest BCUT2D eigenvalue weighted by molar-refractivity contribution is 5.29. The van der Waals surface area contributed by atoms with E-state index in [9.17, 15) is 51.1 Å². The second-order valence-electron chi connectivity index (χ2n) is 21.2. The molecule has 8 fully saturated rings. The molecule has 0 aromatic rings. The fourth-order valence-electron chi connectivity index (χ4n) is 14.1. The van der Waals surface area contributed by atoms with Gasteiger partial charge in [-0.2, -0.15) is 0 Å². The lowest BCUT2D eigenvalue weighted by Gasteiger charge is -2.60. The Hall–Kier alpha value is -0.980. The van der Waals surface area contributed by atoms with Crippen molar-refractivity contribution in [1.82, 2.24) is 0 Å². The summed E-state index contributed by atoms with van der Waals surface area (Å²) in [7, 11) is 0. The van der Waals surface area contributed by atoms with Gasteiger partial charge in [0, 0.05) is 24.2 Å². The minimum absolute atomic E-state index is 0.0588. The van der Waals surface area contributed by atoms with Crippen molar-refractivity contribution in [3.05, 3.63) is 11.6 Å². The van der Waals surface area contributed by atoms with Crippen molar-refractivity contribution in [2.75, 3.05) is 19.8 Å². The van der Waals surface area contributed by atoms with Crippen molar-refractivity contribution in [2.24, 2.45) is 46.3 Å². The van der Waals surface area contributed by atoms with Crippen LogP contribution in [0.1, 0.15) is 86.0 Å². The predicted molar refractivity (Wildman–Crippen MR) is 216 cm³/mol. The molecule has 9 rings (SSSR count). The molecule has 0 amide bonds. The van der Waals surface area contributed by atoms with E-state index in [2.05, 4.69) is 33.8 Å². The van der Waals surface area contributed by atoms with Gasteiger partial charge in [-0.05, 0) is 80.5 Å². The van der Waals surface area contributed by atoms with Gasteiger partial charge in [0.25, 0.3) is 0 Å². The second-order valence-corrected chi connectivity index (χ2v) is 21.2. The summed E-state index contributed by atoms with van der Waals surface area (Å²) in [4.78, 5) is 0. The highest BCUT2D eigenvalue weighted by atomic mass is 16.8. The number of ether oxygens (including phenoxy) is 8. The van der Waals surface area contributed by atoms with E-state index in [1.54, 1.807) is 0 Å². The number of allylic oxidation sites excluding steroid dienone is 1. The van der Waals surface area contributed by atoms with E-state index in [1.807, 2.05) is 0 Å². The smallest absolute Gasteiger partial charge is 0.187 e. The van der Waals surface area contributed by atoms with Crippen LogP contribution in [-0.4, -0.2) is 187 Å². The second kappa shape index (κ2) is 17.5. The van der Waals surface area contributed by atoms with Crippen LogP contribution < -0.4 is 0 Å². The molecule has 0 aromatic heterocycles. The van der Waals surface area contributed by atoms with E-state index in [1.165, 1.54) is 6.92 Å². The largest absolute Gasteiger partial charge is 0.394 e. The van der Waals surface area contributed by atoms with Crippen LogP contribution in [0.2, 0.25) is 0 Å². The maximum atomic E-state index is 12.0. The molecule has 18 heteroatoms. The highest BCUT2D eigenvalue weighted by Crippen LogP contribution is 2.71. The van der Waals surface area contributed by atoms with E-state index in [0.29, 0.717) is 30.1 Å². The molecule has 0 unspecified atom stereocenters. The molecule has 5 heterocycles. The summed E-state index contributed by atoms with van der Waals surface area (Å²) in [6.07, 6.45) is -16.2. The number of aliphatic hydroxyl groups excluding tert-OH is 10. The predicted octanol–water partition coefficient (Wildman–Crippen LogP) is -0.815. The Morgan fingerprint density at radius 2 is 1.32 bits per heavy atom. The molecule has 63 heavy (non-hydrogen) atoms. The SMILES string of the molecule is C[C@H]1CC[C@@]2(OC1)O[C@H]1C[C@H]3[C@@H]4CC=C5C[C@@H](O)C[C@@H](O[C@@H]6O[C@H](CO)[C@@H](O)[C@H](O[C@@H]7O[C@@H](C)[C@H](O)[C@@H](O[C@@H]8O[C@H](CO)[C@@H](O)[C@H](O)[C@H]8O)[C@H]7O)[C@H]6O)[C@]5(C)[C@H]4CC[C@]3(C)[C@H]1[C@@H]2C. The lowest BCUT2D eigenvalue weighted by molar-refractivity contribution is -0.382. The molecule has 0 aromatic carbocycles. The van der Waals surface area contributed by atoms with Crippen LogP contribution in [0.3, 0.4) is 0 Å². The van der Waals surface area contributed by atoms with Gasteiger partial charge < -0.3 is 89.0 Å². The maximum Gasteiger partial charge on any atom is 0.187 e. The van der Waals surface area contributed by atoms with Crippen molar-refractivity contribution in [3.8, 4) is 0 Å². The summed E-state index contributed by atoms with van der Waals surface area (Å²) in [5, 5.41) is 108. The van der Waals surface area contributed by atoms with Gasteiger partial charge in [-0.1, -0.05) is 39.3 Å². The maximum absolute atomic E-state index is 12.0. The molecule has 360 valence electrons. The van der Waals surface area contributed by atoms with Crippen LogP contribution >= 0.6 is 0 Å². The van der Waals surface area contributed by atoms with Gasteiger partial charge in [0.2, 0.25) is 0 Å². The van der Waals surface area contributed by atoms with Gasteiger partial charge in [0.15, 0.2) is 24.7 Å². The normalized spacial score (nSPS) is 58.1. The van der Waals surface area contributed by atoms with Crippen molar-refractivity contribution in [3.63, 3.8) is 0 Å². The van der Waals surface area contributed by atoms with Crippen LogP contribution in [0.25, 0.3) is 0 Å². The number of fused-ring (bicyclic) bond motifs is 7. The standard InChI is InChI=1S/C45H72O18/c1-18-8-11-45(56-17-18)19(2)30-26(63-45)14-25-23-7-6-21-12-22(48)13-29(44(21,5)24(23)9-10-43(25,30)4)60-42-37(55)39(33(51)28(16-47)59-42)62-41-36(54)38(31(49)20(3)57-41)61-40-35(53)34(52)32(50)27(15-46)58-40/h6,18-20,22-42,46-55H,7-17H2,1-5H3/t18-,19-,20-,22+,23+,24-,25-,26-,27+,28+,29+,30-,31-,32+,33+,34-,35+,36+,37+,38+,39-,40-,41-,42-,43-,44-,45+/m0/s1. The molecule has 1 spiro atoms. The van der Waals surface area contributed by atoms with Crippen molar-refractivity contribution >= 4 is 0 Å². The first-order valence-electron chi connectivity index (χ1n) is 23.5. The van der Waals surface area contributed by atoms with Gasteiger partial charge in [0.05, 0.1) is 44.2 Å². The Kier molecular flexibility index (Phi) is 13.1. The summed E-state index contributed by atoms with van der Waals surface area (Å²) in [6, 6.07) is 0. The van der Waals surface area contributed by atoms with Gasteiger partial charge >= 0.3 is 0 Å². The monoisotopic (exact) mass is 900 g/mol. The third-order valence-electron chi connectivity index (χ3n) is 17.7. The molecule has 27 atom stereocenters. The quantitative estimate of drug-likeness (QED) is 0.133. The molecule has 18 nitrogen and oxygen atoms in total.